The van der Waals surface area contributed by atoms with Crippen LogP contribution in [0.15, 0.2) is 96.4 Å². The van der Waals surface area contributed by atoms with E-state index in [-0.39, 0.29) is 54.9 Å². The summed E-state index contributed by atoms with van der Waals surface area (Å²) < 4.78 is 20.1. The third-order valence-electron chi connectivity index (χ3n) is 10.8. The summed E-state index contributed by atoms with van der Waals surface area (Å²) in [5.74, 6) is -0.815. The Morgan fingerprint density at radius 2 is 1.69 bits per heavy atom. The highest BCUT2D eigenvalue weighted by Crippen LogP contribution is 2.47. The number of aromatic nitrogens is 1. The fraction of sp³-hybridized carbons (Fsp3) is 0.383. The lowest BCUT2D eigenvalue weighted by molar-refractivity contribution is -0.137. The fourth-order valence-corrected chi connectivity index (χ4v) is 9.61. The van der Waals surface area contributed by atoms with Crippen molar-refractivity contribution in [3.05, 3.63) is 119 Å². The number of carboxylic acids is 1. The summed E-state index contributed by atoms with van der Waals surface area (Å²) in [6.07, 6.45) is 5.28. The largest absolute Gasteiger partial charge is 0.494 e. The Labute approximate surface area is 380 Å². The highest BCUT2D eigenvalue weighted by Gasteiger charge is 2.44. The first-order chi connectivity index (χ1) is 30.7. The minimum Gasteiger partial charge on any atom is -0.494 e. The second-order valence-corrected chi connectivity index (χ2v) is 19.4. The van der Waals surface area contributed by atoms with E-state index in [4.69, 9.17) is 9.84 Å². The van der Waals surface area contributed by atoms with Gasteiger partial charge in [-0.3, -0.25) is 29.0 Å². The van der Waals surface area contributed by atoms with Gasteiger partial charge in [-0.25, -0.2) is 9.82 Å². The quantitative estimate of drug-likeness (QED) is 0.0286. The molecule has 4 N–H and O–H groups in total. The number of hydrogen-bond donors (Lipinski definition) is 4. The summed E-state index contributed by atoms with van der Waals surface area (Å²) in [5.41, 5.74) is 7.15. The normalized spacial score (nSPS) is 16.2. The molecular weight excluding hydrogens is 858 g/mol. The topological polar surface area (TPSA) is 183 Å². The van der Waals surface area contributed by atoms with Gasteiger partial charge in [0.05, 0.1) is 12.3 Å². The average Bonchev–Trinajstić information content (AvgIpc) is 4.10. The van der Waals surface area contributed by atoms with Crippen LogP contribution in [0.3, 0.4) is 0 Å². The molecule has 0 bridgehead atoms. The lowest BCUT2D eigenvalue weighted by atomic mass is 10.1. The fourth-order valence-electron chi connectivity index (χ4n) is 7.13. The maximum absolute atomic E-state index is 15.0. The van der Waals surface area contributed by atoms with Gasteiger partial charge in [-0.05, 0) is 117 Å². The number of anilines is 2. The first kappa shape index (κ1) is 47.5. The number of amides is 4. The van der Waals surface area contributed by atoms with Crippen LogP contribution in [-0.2, 0) is 25.7 Å². The van der Waals surface area contributed by atoms with Crippen molar-refractivity contribution in [1.82, 2.24) is 20.6 Å². The third-order valence-corrected chi connectivity index (χ3v) is 14.1. The van der Waals surface area contributed by atoms with Gasteiger partial charge in [0.2, 0.25) is 17.7 Å². The monoisotopic (exact) mass is 911 g/mol. The van der Waals surface area contributed by atoms with E-state index in [0.29, 0.717) is 79.7 Å². The Morgan fingerprint density at radius 3 is 2.38 bits per heavy atom. The summed E-state index contributed by atoms with van der Waals surface area (Å²) in [4.78, 5) is 70.2. The van der Waals surface area contributed by atoms with Crippen molar-refractivity contribution in [2.45, 2.75) is 70.1 Å². The van der Waals surface area contributed by atoms with Crippen LogP contribution in [0.5, 0.6) is 5.75 Å². The molecule has 0 radical (unpaired) electrons. The van der Waals surface area contributed by atoms with Crippen molar-refractivity contribution in [3.8, 4) is 5.75 Å². The molecule has 17 heteroatoms. The molecule has 1 aliphatic carbocycles. The molecule has 2 fully saturated rings. The number of nitrogens with zero attached hydrogens (tertiary/aromatic N) is 4. The van der Waals surface area contributed by atoms with Crippen molar-refractivity contribution < 1.29 is 38.2 Å². The van der Waals surface area contributed by atoms with Crippen molar-refractivity contribution in [3.63, 3.8) is 0 Å². The van der Waals surface area contributed by atoms with Crippen LogP contribution in [-0.4, -0.2) is 93.6 Å². The zero-order valence-corrected chi connectivity index (χ0v) is 37.8. The second-order valence-electron chi connectivity index (χ2n) is 16.3. The van der Waals surface area contributed by atoms with Crippen LogP contribution in [0, 0.1) is 11.7 Å². The number of carboxylic acid groups (broad SMARTS) is 1. The Kier molecular flexibility index (Phi) is 16.8. The molecule has 2 heterocycles. The number of ether oxygens (including phenoxy) is 1. The van der Waals surface area contributed by atoms with Crippen LogP contribution in [0.4, 0.5) is 15.8 Å². The molecule has 2 atom stereocenters. The van der Waals surface area contributed by atoms with E-state index in [9.17, 15) is 28.4 Å². The molecule has 1 aromatic heterocycles. The van der Waals surface area contributed by atoms with Gasteiger partial charge in [0.1, 0.15) is 11.6 Å². The number of rotatable bonds is 21. The minimum absolute atomic E-state index is 0.0129. The highest BCUT2D eigenvalue weighted by atomic mass is 33.1. The van der Waals surface area contributed by atoms with Gasteiger partial charge < -0.3 is 30.3 Å². The minimum atomic E-state index is -0.856. The van der Waals surface area contributed by atoms with E-state index >= 15 is 0 Å². The van der Waals surface area contributed by atoms with Gasteiger partial charge in [0.15, 0.2) is 0 Å². The molecule has 3 aromatic carbocycles. The van der Waals surface area contributed by atoms with Gasteiger partial charge in [0.25, 0.3) is 5.91 Å². The number of hydrazone groups is 1. The predicted molar refractivity (Wildman–Crippen MR) is 249 cm³/mol. The Bertz CT molecular complexity index is 2290. The maximum Gasteiger partial charge on any atom is 0.303 e. The van der Waals surface area contributed by atoms with Crippen molar-refractivity contribution in [2.75, 3.05) is 48.8 Å². The Morgan fingerprint density at radius 1 is 0.953 bits per heavy atom. The maximum atomic E-state index is 15.0. The van der Waals surface area contributed by atoms with Crippen LogP contribution in [0.25, 0.3) is 0 Å². The first-order valence-corrected chi connectivity index (χ1v) is 23.6. The number of carbonyl (C=O) groups excluding carboxylic acids is 4. The smallest absolute Gasteiger partial charge is 0.303 e. The predicted octanol–water partition coefficient (Wildman–Crippen LogP) is 7.27. The standard InChI is InChI=1S/C47H54FN7O7S2/c1-31(32-11-16-38(17-12-32)62-24-5-7-44(58)59)52-53-42(56)28-47(2,3)64-63-25-18-43(57)55-22-20-54(21-23-55)37-14-9-33(10-15-37)45(60)50-30-35-8-13-36(26-41(35)48)51-46(61)40-27-39(40)34-6-4-19-49-29-34/h4,6,8-17,19,26,29,39-40H,5,7,18,20-25,27-28,30H2,1-3H3,(H,50,60)(H,51,61)(H,53,56)(H,58,59)/b52-31+. The Hall–Kier alpha value is -5.94. The van der Waals surface area contributed by atoms with Gasteiger partial charge in [0, 0.05) is 103 Å². The van der Waals surface area contributed by atoms with Crippen molar-refractivity contribution in [2.24, 2.45) is 11.0 Å². The second kappa shape index (κ2) is 22.6. The highest BCUT2D eigenvalue weighted by molar-refractivity contribution is 8.77. The SMILES string of the molecule is C/C(=N\NC(=O)CC(C)(C)SSCCC(=O)N1CCN(c2ccc(C(=O)NCc3ccc(NC(=O)C4CC4c4cccnc4)cc3F)cc2)CC1)c1ccc(OCCCC(=O)O)cc1. The molecule has 2 aliphatic rings. The zero-order valence-electron chi connectivity index (χ0n) is 36.2. The van der Waals surface area contributed by atoms with E-state index in [1.165, 1.54) is 6.07 Å². The van der Waals surface area contributed by atoms with E-state index in [0.717, 1.165) is 23.2 Å². The van der Waals surface area contributed by atoms with Crippen molar-refractivity contribution >= 4 is 68.3 Å². The number of carbonyl (C=O) groups is 5. The van der Waals surface area contributed by atoms with E-state index in [1.807, 2.05) is 55.1 Å². The van der Waals surface area contributed by atoms with E-state index < -0.39 is 16.5 Å². The number of aliphatic carboxylic acids is 1. The molecule has 6 rings (SSSR count). The van der Waals surface area contributed by atoms with Gasteiger partial charge >= 0.3 is 5.97 Å². The molecule has 1 saturated heterocycles. The zero-order chi connectivity index (χ0) is 45.6. The third kappa shape index (κ3) is 14.3. The van der Waals surface area contributed by atoms with Crippen LogP contribution in [0.1, 0.15) is 85.8 Å². The molecule has 1 aliphatic heterocycles. The summed E-state index contributed by atoms with van der Waals surface area (Å²) in [6, 6.07) is 22.7. The molecule has 4 amide bonds. The van der Waals surface area contributed by atoms with Crippen LogP contribution < -0.4 is 25.7 Å². The number of pyridine rings is 1. The number of nitrogens with one attached hydrogen (secondary N) is 3. The summed E-state index contributed by atoms with van der Waals surface area (Å²) in [5, 5.41) is 18.6. The average molecular weight is 912 g/mol. The van der Waals surface area contributed by atoms with Crippen LogP contribution >= 0.6 is 21.6 Å². The Balaban J connectivity index is 0.841. The van der Waals surface area contributed by atoms with E-state index in [1.54, 1.807) is 77.3 Å². The molecule has 64 heavy (non-hydrogen) atoms. The summed E-state index contributed by atoms with van der Waals surface area (Å²) >= 11 is 0. The summed E-state index contributed by atoms with van der Waals surface area (Å²) in [7, 11) is 3.14. The van der Waals surface area contributed by atoms with Gasteiger partial charge in [-0.1, -0.05) is 33.7 Å². The molecule has 338 valence electrons. The van der Waals surface area contributed by atoms with Crippen molar-refractivity contribution in [1.29, 1.82) is 0 Å². The number of hydrogen-bond acceptors (Lipinski definition) is 11. The number of benzene rings is 3. The van der Waals surface area contributed by atoms with E-state index in [2.05, 4.69) is 31.0 Å². The van der Waals surface area contributed by atoms with Gasteiger partial charge in [-0.15, -0.1) is 0 Å². The summed E-state index contributed by atoms with van der Waals surface area (Å²) in [6.45, 7) is 8.53. The first-order valence-electron chi connectivity index (χ1n) is 21.2. The number of piperazine rings is 1. The van der Waals surface area contributed by atoms with Gasteiger partial charge in [-0.2, -0.15) is 5.10 Å². The lowest BCUT2D eigenvalue weighted by Crippen LogP contribution is -2.48. The molecule has 1 saturated carbocycles. The lowest BCUT2D eigenvalue weighted by Gasteiger charge is -2.36. The number of halogens is 1. The molecule has 14 nitrogen and oxygen atoms in total. The molecule has 0 spiro atoms. The van der Waals surface area contributed by atoms with Crippen LogP contribution in [0.2, 0.25) is 0 Å². The molecular formula is C47H54FN7O7S2. The molecule has 4 aromatic rings. The molecule has 2 unspecified atom stereocenters.